The molecule has 0 heterocycles. The molecule has 1 rings (SSSR count). The van der Waals surface area contributed by atoms with E-state index in [1.165, 1.54) is 6.08 Å². The molecule has 0 fully saturated rings. The first kappa shape index (κ1) is 10.2. The van der Waals surface area contributed by atoms with Gasteiger partial charge in [-0.1, -0.05) is 48.6 Å². The van der Waals surface area contributed by atoms with Crippen molar-refractivity contribution in [1.82, 2.24) is 0 Å². The van der Waals surface area contributed by atoms with E-state index < -0.39 is 5.97 Å². The Morgan fingerprint density at radius 3 is 2.57 bits per heavy atom. The maximum absolute atomic E-state index is 10.6. The Morgan fingerprint density at radius 1 is 1.21 bits per heavy atom. The maximum atomic E-state index is 10.6. The van der Waals surface area contributed by atoms with E-state index in [1.54, 1.807) is 12.2 Å². The van der Waals surface area contributed by atoms with Crippen molar-refractivity contribution in [2.75, 3.05) is 0 Å². The minimum Gasteiger partial charge on any atom is -0.370 e. The van der Waals surface area contributed by atoms with Gasteiger partial charge in [-0.2, -0.15) is 5.90 Å². The van der Waals surface area contributed by atoms with Crippen molar-refractivity contribution < 1.29 is 9.63 Å². The summed E-state index contributed by atoms with van der Waals surface area (Å²) in [5.41, 5.74) is 1.07. The molecule has 1 aromatic rings. The Morgan fingerprint density at radius 2 is 1.93 bits per heavy atom. The lowest BCUT2D eigenvalue weighted by Crippen LogP contribution is -2.05. The summed E-state index contributed by atoms with van der Waals surface area (Å²) < 4.78 is 0. The molecule has 0 aliphatic carbocycles. The fourth-order valence-corrected chi connectivity index (χ4v) is 0.904. The highest BCUT2D eigenvalue weighted by molar-refractivity contribution is 5.82. The van der Waals surface area contributed by atoms with E-state index in [2.05, 4.69) is 10.7 Å². The zero-order valence-corrected chi connectivity index (χ0v) is 7.59. The van der Waals surface area contributed by atoms with Crippen molar-refractivity contribution in [3.05, 3.63) is 54.1 Å². The quantitative estimate of drug-likeness (QED) is 0.447. The smallest absolute Gasteiger partial charge is 0.349 e. The van der Waals surface area contributed by atoms with E-state index in [0.29, 0.717) is 0 Å². The Kier molecular flexibility index (Phi) is 4.17. The number of allylic oxidation sites excluding steroid dienone is 2. The van der Waals surface area contributed by atoms with E-state index in [9.17, 15) is 4.79 Å². The predicted octanol–water partition coefficient (Wildman–Crippen LogP) is 1.67. The lowest BCUT2D eigenvalue weighted by molar-refractivity contribution is -0.138. The van der Waals surface area contributed by atoms with Crippen molar-refractivity contribution in [1.29, 1.82) is 0 Å². The molecule has 1 aromatic carbocycles. The Hall–Kier alpha value is -1.87. The predicted molar refractivity (Wildman–Crippen MR) is 54.9 cm³/mol. The molecule has 0 amide bonds. The molecule has 3 heteroatoms. The van der Waals surface area contributed by atoms with Crippen molar-refractivity contribution in [2.45, 2.75) is 0 Å². The third-order valence-corrected chi connectivity index (χ3v) is 1.55. The van der Waals surface area contributed by atoms with Crippen LogP contribution in [0, 0.1) is 0 Å². The minimum atomic E-state index is -0.567. The zero-order chi connectivity index (χ0) is 10.2. The molecule has 0 saturated carbocycles. The number of carbonyl (C=O) groups is 1. The summed E-state index contributed by atoms with van der Waals surface area (Å²) in [6, 6.07) is 9.76. The zero-order valence-electron chi connectivity index (χ0n) is 7.59. The third-order valence-electron chi connectivity index (χ3n) is 1.55. The second-order valence-corrected chi connectivity index (χ2v) is 2.57. The van der Waals surface area contributed by atoms with Crippen molar-refractivity contribution in [3.63, 3.8) is 0 Å². The molecule has 0 aliphatic heterocycles. The number of benzene rings is 1. The molecule has 0 aromatic heterocycles. The van der Waals surface area contributed by atoms with Crippen LogP contribution in [-0.2, 0) is 9.63 Å². The van der Waals surface area contributed by atoms with Crippen molar-refractivity contribution in [3.8, 4) is 0 Å². The second-order valence-electron chi connectivity index (χ2n) is 2.57. The molecule has 3 nitrogen and oxygen atoms in total. The van der Waals surface area contributed by atoms with Crippen LogP contribution in [0.5, 0.6) is 0 Å². The summed E-state index contributed by atoms with van der Waals surface area (Å²) in [4.78, 5) is 14.5. The first-order valence-corrected chi connectivity index (χ1v) is 4.13. The molecule has 0 aliphatic rings. The lowest BCUT2D eigenvalue weighted by atomic mass is 10.2. The van der Waals surface area contributed by atoms with Crippen LogP contribution in [0.25, 0.3) is 6.08 Å². The highest BCUT2D eigenvalue weighted by Crippen LogP contribution is 2.00. The van der Waals surface area contributed by atoms with Crippen LogP contribution >= 0.6 is 0 Å². The number of hydrogen-bond acceptors (Lipinski definition) is 3. The standard InChI is InChI=1S/C11H11NO2/c12-14-11(13)9-5-4-8-10-6-2-1-3-7-10/h1-9H,12H2. The SMILES string of the molecule is NOC(=O)C=CC=Cc1ccccc1. The second kappa shape index (κ2) is 5.72. The van der Waals surface area contributed by atoms with Crippen LogP contribution in [0.1, 0.15) is 5.56 Å². The van der Waals surface area contributed by atoms with Crippen molar-refractivity contribution in [2.24, 2.45) is 5.90 Å². The maximum Gasteiger partial charge on any atom is 0.349 e. The number of hydrogen-bond donors (Lipinski definition) is 1. The largest absolute Gasteiger partial charge is 0.370 e. The molecule has 0 radical (unpaired) electrons. The summed E-state index contributed by atoms with van der Waals surface area (Å²) in [5, 5.41) is 0. The van der Waals surface area contributed by atoms with Gasteiger partial charge < -0.3 is 4.84 Å². The Bertz CT molecular complexity index is 342. The van der Waals surface area contributed by atoms with Crippen LogP contribution in [0.4, 0.5) is 0 Å². The molecule has 0 atom stereocenters. The Labute approximate surface area is 82.4 Å². The molecular formula is C11H11NO2. The van der Waals surface area contributed by atoms with Gasteiger partial charge in [-0.25, -0.2) is 4.79 Å². The van der Waals surface area contributed by atoms with E-state index in [4.69, 9.17) is 0 Å². The summed E-state index contributed by atoms with van der Waals surface area (Å²) >= 11 is 0. The monoisotopic (exact) mass is 189 g/mol. The minimum absolute atomic E-state index is 0.567. The molecule has 0 saturated heterocycles. The molecule has 0 unspecified atom stereocenters. The molecule has 2 N–H and O–H groups in total. The first-order chi connectivity index (χ1) is 6.83. The molecular weight excluding hydrogens is 178 g/mol. The van der Waals surface area contributed by atoms with Gasteiger partial charge in [-0.3, -0.25) is 0 Å². The van der Waals surface area contributed by atoms with Crippen LogP contribution in [0.2, 0.25) is 0 Å². The van der Waals surface area contributed by atoms with Gasteiger partial charge in [0.2, 0.25) is 0 Å². The van der Waals surface area contributed by atoms with Crippen LogP contribution in [-0.4, -0.2) is 5.97 Å². The number of carbonyl (C=O) groups excluding carboxylic acids is 1. The lowest BCUT2D eigenvalue weighted by Gasteiger charge is -1.88. The number of nitrogens with two attached hydrogens (primary N) is 1. The highest BCUT2D eigenvalue weighted by atomic mass is 16.7. The van der Waals surface area contributed by atoms with E-state index in [1.807, 2.05) is 36.4 Å². The highest BCUT2D eigenvalue weighted by Gasteiger charge is 1.87. The number of rotatable bonds is 3. The fraction of sp³-hybridized carbons (Fsp3) is 0. The summed E-state index contributed by atoms with van der Waals surface area (Å²) in [5.74, 6) is 4.07. The van der Waals surface area contributed by atoms with E-state index in [-0.39, 0.29) is 0 Å². The van der Waals surface area contributed by atoms with Gasteiger partial charge in [0.1, 0.15) is 0 Å². The molecule has 72 valence electrons. The van der Waals surface area contributed by atoms with Gasteiger partial charge in [0, 0.05) is 6.08 Å². The van der Waals surface area contributed by atoms with Crippen LogP contribution < -0.4 is 5.90 Å². The average molecular weight is 189 g/mol. The summed E-state index contributed by atoms with van der Waals surface area (Å²) in [6.45, 7) is 0. The first-order valence-electron chi connectivity index (χ1n) is 4.13. The summed E-state index contributed by atoms with van der Waals surface area (Å²) in [6.07, 6.45) is 6.44. The normalized spacial score (nSPS) is 10.9. The van der Waals surface area contributed by atoms with Crippen LogP contribution in [0.15, 0.2) is 48.6 Å². The molecule has 0 spiro atoms. The van der Waals surface area contributed by atoms with Crippen LogP contribution in [0.3, 0.4) is 0 Å². The van der Waals surface area contributed by atoms with Crippen molar-refractivity contribution >= 4 is 12.0 Å². The van der Waals surface area contributed by atoms with Gasteiger partial charge >= 0.3 is 5.97 Å². The van der Waals surface area contributed by atoms with Gasteiger partial charge in [0.25, 0.3) is 0 Å². The topological polar surface area (TPSA) is 52.3 Å². The van der Waals surface area contributed by atoms with E-state index in [0.717, 1.165) is 5.56 Å². The summed E-state index contributed by atoms with van der Waals surface area (Å²) in [7, 11) is 0. The third kappa shape index (κ3) is 3.69. The molecule has 14 heavy (non-hydrogen) atoms. The Balaban J connectivity index is 2.50. The molecule has 0 bridgehead atoms. The van der Waals surface area contributed by atoms with E-state index >= 15 is 0 Å². The van der Waals surface area contributed by atoms with Gasteiger partial charge in [-0.05, 0) is 5.56 Å². The van der Waals surface area contributed by atoms with Gasteiger partial charge in [0.15, 0.2) is 0 Å². The average Bonchev–Trinajstić information content (AvgIpc) is 2.25. The van der Waals surface area contributed by atoms with Gasteiger partial charge in [0.05, 0.1) is 0 Å². The fourth-order valence-electron chi connectivity index (χ4n) is 0.904. The van der Waals surface area contributed by atoms with Gasteiger partial charge in [-0.15, -0.1) is 0 Å².